The third-order valence-corrected chi connectivity index (χ3v) is 2.53. The molecule has 0 amide bonds. The van der Waals surface area contributed by atoms with Crippen molar-refractivity contribution in [2.24, 2.45) is 0 Å². The van der Waals surface area contributed by atoms with Crippen LogP contribution in [0.25, 0.3) is 5.69 Å². The van der Waals surface area contributed by atoms with Crippen molar-refractivity contribution in [1.82, 2.24) is 9.78 Å². The maximum Gasteiger partial charge on any atom is 0.280 e. The van der Waals surface area contributed by atoms with Crippen molar-refractivity contribution in [1.29, 1.82) is 5.41 Å². The van der Waals surface area contributed by atoms with E-state index in [-0.39, 0.29) is 17.1 Å². The number of rotatable bonds is 2. The quantitative estimate of drug-likeness (QED) is 0.766. The SMILES string of the molecule is CC(=N)c1c(C)[nH]n(-c2ccc(F)cc2)c1=O. The molecule has 0 spiro atoms. The fourth-order valence-electron chi connectivity index (χ4n) is 1.76. The first-order chi connectivity index (χ1) is 8.00. The zero-order valence-corrected chi connectivity index (χ0v) is 9.54. The van der Waals surface area contributed by atoms with Gasteiger partial charge in [0.05, 0.1) is 11.3 Å². The normalized spacial score (nSPS) is 10.5. The molecule has 2 rings (SSSR count). The Balaban J connectivity index is 2.62. The second kappa shape index (κ2) is 4.01. The summed E-state index contributed by atoms with van der Waals surface area (Å²) >= 11 is 0. The third-order valence-electron chi connectivity index (χ3n) is 2.53. The minimum Gasteiger partial charge on any atom is -0.305 e. The van der Waals surface area contributed by atoms with Gasteiger partial charge in [0, 0.05) is 11.4 Å². The Hall–Kier alpha value is -2.17. The van der Waals surface area contributed by atoms with E-state index < -0.39 is 0 Å². The largest absolute Gasteiger partial charge is 0.305 e. The van der Waals surface area contributed by atoms with Gasteiger partial charge in [0.25, 0.3) is 5.56 Å². The minimum atomic E-state index is -0.353. The molecule has 0 aliphatic heterocycles. The van der Waals surface area contributed by atoms with Crippen LogP contribution in [0.4, 0.5) is 4.39 Å². The Morgan fingerprint density at radius 3 is 2.41 bits per heavy atom. The summed E-state index contributed by atoms with van der Waals surface area (Å²) in [6, 6.07) is 5.59. The van der Waals surface area contributed by atoms with Crippen molar-refractivity contribution in [2.45, 2.75) is 13.8 Å². The number of hydrogen-bond acceptors (Lipinski definition) is 2. The fourth-order valence-corrected chi connectivity index (χ4v) is 1.76. The Morgan fingerprint density at radius 2 is 1.94 bits per heavy atom. The predicted octanol–water partition coefficient (Wildman–Crippen LogP) is 2.00. The van der Waals surface area contributed by atoms with Gasteiger partial charge in [0.1, 0.15) is 5.82 Å². The van der Waals surface area contributed by atoms with Crippen LogP contribution in [0.1, 0.15) is 18.2 Å². The smallest absolute Gasteiger partial charge is 0.280 e. The van der Waals surface area contributed by atoms with E-state index in [0.717, 1.165) is 0 Å². The molecule has 1 aromatic carbocycles. The molecule has 0 fully saturated rings. The first-order valence-corrected chi connectivity index (χ1v) is 5.14. The van der Waals surface area contributed by atoms with Crippen LogP contribution >= 0.6 is 0 Å². The Labute approximate surface area is 97.2 Å². The molecule has 2 N–H and O–H groups in total. The van der Waals surface area contributed by atoms with Gasteiger partial charge in [-0.25, -0.2) is 9.07 Å². The molecule has 0 bridgehead atoms. The summed E-state index contributed by atoms with van der Waals surface area (Å²) in [7, 11) is 0. The number of aryl methyl sites for hydroxylation is 1. The van der Waals surface area contributed by atoms with Gasteiger partial charge in [-0.1, -0.05) is 0 Å². The number of nitrogens with zero attached hydrogens (tertiary/aromatic N) is 1. The van der Waals surface area contributed by atoms with E-state index in [1.54, 1.807) is 13.8 Å². The third kappa shape index (κ3) is 1.91. The van der Waals surface area contributed by atoms with Gasteiger partial charge in [-0.2, -0.15) is 0 Å². The number of H-pyrrole nitrogens is 1. The highest BCUT2D eigenvalue weighted by Gasteiger charge is 2.13. The van der Waals surface area contributed by atoms with Crippen LogP contribution in [0.15, 0.2) is 29.1 Å². The van der Waals surface area contributed by atoms with Crippen LogP contribution in [0.3, 0.4) is 0 Å². The van der Waals surface area contributed by atoms with Crippen LogP contribution in [0.5, 0.6) is 0 Å². The number of halogens is 1. The maximum absolute atomic E-state index is 12.8. The summed E-state index contributed by atoms with van der Waals surface area (Å²) in [4.78, 5) is 12.0. The number of aromatic nitrogens is 2. The van der Waals surface area contributed by atoms with Crippen LogP contribution < -0.4 is 5.56 Å². The van der Waals surface area contributed by atoms with Crippen molar-refractivity contribution in [3.8, 4) is 5.69 Å². The van der Waals surface area contributed by atoms with Crippen LogP contribution in [-0.2, 0) is 0 Å². The molecule has 0 aliphatic rings. The van der Waals surface area contributed by atoms with E-state index in [0.29, 0.717) is 16.9 Å². The Bertz CT molecular complexity index is 622. The van der Waals surface area contributed by atoms with Crippen molar-refractivity contribution in [2.75, 3.05) is 0 Å². The monoisotopic (exact) mass is 233 g/mol. The summed E-state index contributed by atoms with van der Waals surface area (Å²) in [5.74, 6) is -0.353. The van der Waals surface area contributed by atoms with Crippen molar-refractivity contribution >= 4 is 5.71 Å². The van der Waals surface area contributed by atoms with Crippen molar-refractivity contribution < 1.29 is 4.39 Å². The summed E-state index contributed by atoms with van der Waals surface area (Å²) in [5, 5.41) is 10.4. The zero-order chi connectivity index (χ0) is 12.6. The number of hydrogen-bond donors (Lipinski definition) is 2. The maximum atomic E-state index is 12.8. The lowest BCUT2D eigenvalue weighted by molar-refractivity contribution is 0.627. The van der Waals surface area contributed by atoms with E-state index in [1.807, 2.05) is 0 Å². The molecular weight excluding hydrogens is 221 g/mol. The first-order valence-electron chi connectivity index (χ1n) is 5.14. The fraction of sp³-hybridized carbons (Fsp3) is 0.167. The van der Waals surface area contributed by atoms with Gasteiger partial charge in [-0.05, 0) is 38.1 Å². The summed E-state index contributed by atoms with van der Waals surface area (Å²) < 4.78 is 14.1. The van der Waals surface area contributed by atoms with E-state index in [9.17, 15) is 9.18 Å². The van der Waals surface area contributed by atoms with Gasteiger partial charge >= 0.3 is 0 Å². The molecule has 5 heteroatoms. The van der Waals surface area contributed by atoms with E-state index in [4.69, 9.17) is 5.41 Å². The molecule has 88 valence electrons. The minimum absolute atomic E-state index is 0.213. The lowest BCUT2D eigenvalue weighted by Gasteiger charge is -2.00. The second-order valence-corrected chi connectivity index (χ2v) is 3.85. The molecule has 0 saturated heterocycles. The second-order valence-electron chi connectivity index (χ2n) is 3.85. The lowest BCUT2D eigenvalue weighted by Crippen LogP contribution is -2.19. The lowest BCUT2D eigenvalue weighted by atomic mass is 10.2. The molecular formula is C12H12FN3O. The highest BCUT2D eigenvalue weighted by molar-refractivity contribution is 5.96. The van der Waals surface area contributed by atoms with Gasteiger partial charge in [-0.15, -0.1) is 0 Å². The van der Waals surface area contributed by atoms with Crippen LogP contribution in [-0.4, -0.2) is 15.5 Å². The molecule has 1 aromatic heterocycles. The Morgan fingerprint density at radius 1 is 1.35 bits per heavy atom. The zero-order valence-electron chi connectivity index (χ0n) is 9.54. The number of benzene rings is 1. The average molecular weight is 233 g/mol. The molecule has 0 radical (unpaired) electrons. The highest BCUT2D eigenvalue weighted by Crippen LogP contribution is 2.08. The van der Waals surface area contributed by atoms with Gasteiger partial charge in [0.15, 0.2) is 0 Å². The highest BCUT2D eigenvalue weighted by atomic mass is 19.1. The molecule has 17 heavy (non-hydrogen) atoms. The summed E-state index contributed by atoms with van der Waals surface area (Å²) in [6.07, 6.45) is 0. The molecule has 0 atom stereocenters. The van der Waals surface area contributed by atoms with Crippen molar-refractivity contribution in [3.63, 3.8) is 0 Å². The van der Waals surface area contributed by atoms with E-state index >= 15 is 0 Å². The molecule has 0 unspecified atom stereocenters. The molecule has 1 heterocycles. The van der Waals surface area contributed by atoms with E-state index in [2.05, 4.69) is 5.10 Å². The average Bonchev–Trinajstić information content (AvgIpc) is 2.55. The Kier molecular flexibility index (Phi) is 2.67. The summed E-state index contributed by atoms with van der Waals surface area (Å²) in [5.41, 5.74) is 1.46. The molecule has 2 aromatic rings. The van der Waals surface area contributed by atoms with Crippen LogP contribution in [0.2, 0.25) is 0 Å². The standard InChI is InChI=1S/C12H12FN3O/c1-7(14)11-8(2)15-16(12(11)17)10-5-3-9(13)4-6-10/h3-6,14-15H,1-2H3. The van der Waals surface area contributed by atoms with Crippen molar-refractivity contribution in [3.05, 3.63) is 51.7 Å². The van der Waals surface area contributed by atoms with E-state index in [1.165, 1.54) is 28.9 Å². The molecule has 4 nitrogen and oxygen atoms in total. The first kappa shape index (κ1) is 11.3. The summed E-state index contributed by atoms with van der Waals surface area (Å²) in [6.45, 7) is 3.29. The van der Waals surface area contributed by atoms with Crippen LogP contribution in [0, 0.1) is 18.2 Å². The van der Waals surface area contributed by atoms with Gasteiger partial charge in [0.2, 0.25) is 0 Å². The van der Waals surface area contributed by atoms with Gasteiger partial charge in [-0.3, -0.25) is 9.89 Å². The number of aromatic amines is 1. The number of nitrogens with one attached hydrogen (secondary N) is 2. The van der Waals surface area contributed by atoms with Gasteiger partial charge < -0.3 is 5.41 Å². The molecule has 0 aliphatic carbocycles. The predicted molar refractivity (Wildman–Crippen MR) is 63.6 cm³/mol. The molecule has 0 saturated carbocycles. The topological polar surface area (TPSA) is 61.6 Å².